The van der Waals surface area contributed by atoms with E-state index >= 15 is 0 Å². The van der Waals surface area contributed by atoms with Crippen molar-refractivity contribution in [1.29, 1.82) is 5.41 Å². The van der Waals surface area contributed by atoms with Crippen LogP contribution in [0.15, 0.2) is 30.3 Å². The van der Waals surface area contributed by atoms with Gasteiger partial charge in [0, 0.05) is 6.54 Å². The zero-order valence-electron chi connectivity index (χ0n) is 13.5. The highest BCUT2D eigenvalue weighted by molar-refractivity contribution is 5.14. The molecule has 1 aromatic carbocycles. The Bertz CT molecular complexity index is 585. The van der Waals surface area contributed by atoms with Crippen molar-refractivity contribution in [3.63, 3.8) is 0 Å². The van der Waals surface area contributed by atoms with Crippen LogP contribution < -0.4 is 5.62 Å². The third-order valence-electron chi connectivity index (χ3n) is 3.92. The van der Waals surface area contributed by atoms with Crippen LogP contribution in [-0.4, -0.2) is 19.8 Å². The highest BCUT2D eigenvalue weighted by Crippen LogP contribution is 2.05. The summed E-state index contributed by atoms with van der Waals surface area (Å²) in [6.07, 6.45) is 8.38. The highest BCUT2D eigenvalue weighted by atomic mass is 15.6. The number of aryl methyl sites for hydroxylation is 3. The Morgan fingerprint density at radius 3 is 2.23 bits per heavy atom. The smallest absolute Gasteiger partial charge is 0.238 e. The minimum absolute atomic E-state index is 0.407. The molecule has 0 unspecified atom stereocenters. The molecule has 2 aromatic rings. The zero-order valence-corrected chi connectivity index (χ0v) is 13.5. The van der Waals surface area contributed by atoms with E-state index < -0.39 is 0 Å². The predicted molar refractivity (Wildman–Crippen MR) is 87.4 cm³/mol. The summed E-state index contributed by atoms with van der Waals surface area (Å²) >= 11 is 0. The van der Waals surface area contributed by atoms with Crippen LogP contribution in [-0.2, 0) is 19.5 Å². The number of benzene rings is 1. The van der Waals surface area contributed by atoms with Crippen molar-refractivity contribution >= 4 is 0 Å². The Kier molecular flexibility index (Phi) is 6.87. The summed E-state index contributed by atoms with van der Waals surface area (Å²) in [6.45, 7) is 3.74. The third-order valence-corrected chi connectivity index (χ3v) is 3.92. The molecule has 22 heavy (non-hydrogen) atoms. The summed E-state index contributed by atoms with van der Waals surface area (Å²) in [5, 5.41) is 16.3. The summed E-state index contributed by atoms with van der Waals surface area (Å²) in [5.74, 6) is 0. The zero-order chi connectivity index (χ0) is 15.6. The summed E-state index contributed by atoms with van der Waals surface area (Å²) < 4.78 is 3.40. The van der Waals surface area contributed by atoms with Crippen LogP contribution in [0.2, 0.25) is 0 Å². The Hall–Kier alpha value is -1.91. The van der Waals surface area contributed by atoms with E-state index in [4.69, 9.17) is 5.41 Å². The molecule has 1 N–H and O–H groups in total. The fourth-order valence-corrected chi connectivity index (χ4v) is 2.54. The second-order valence-electron chi connectivity index (χ2n) is 5.75. The molecule has 0 amide bonds. The molecule has 5 nitrogen and oxygen atoms in total. The van der Waals surface area contributed by atoms with Gasteiger partial charge in [0.05, 0.1) is 6.54 Å². The molecular formula is C17H27N5. The minimum atomic E-state index is 0.407. The fraction of sp³-hybridized carbons (Fsp3) is 0.588. The molecule has 0 aliphatic heterocycles. The minimum Gasteiger partial charge on any atom is -0.266 e. The van der Waals surface area contributed by atoms with E-state index in [1.165, 1.54) is 37.7 Å². The Morgan fingerprint density at radius 2 is 1.50 bits per heavy atom. The van der Waals surface area contributed by atoms with Crippen LogP contribution in [0.5, 0.6) is 0 Å². The van der Waals surface area contributed by atoms with Crippen molar-refractivity contribution in [2.24, 2.45) is 0 Å². The van der Waals surface area contributed by atoms with Gasteiger partial charge in [-0.25, -0.2) is 9.36 Å². The van der Waals surface area contributed by atoms with E-state index in [9.17, 15) is 0 Å². The standard InChI is InChI=1S/C17H27N5/c1-2-3-4-5-6-10-14-21-17(18)22(20-19-21)15-13-16-11-8-7-9-12-16/h7-9,11-12,18H,2-6,10,13-15H2,1H3. The number of unbranched alkanes of at least 4 members (excludes halogenated alkanes) is 5. The van der Waals surface area contributed by atoms with Crippen molar-refractivity contribution in [3.05, 3.63) is 41.5 Å². The predicted octanol–water partition coefficient (Wildman–Crippen LogP) is 3.16. The van der Waals surface area contributed by atoms with Gasteiger partial charge in [-0.2, -0.15) is 0 Å². The number of tetrazole rings is 1. The largest absolute Gasteiger partial charge is 0.266 e. The molecule has 120 valence electrons. The molecular weight excluding hydrogens is 274 g/mol. The first kappa shape index (κ1) is 16.5. The number of aromatic nitrogens is 4. The van der Waals surface area contributed by atoms with E-state index in [1.807, 2.05) is 18.2 Å². The van der Waals surface area contributed by atoms with Gasteiger partial charge >= 0.3 is 0 Å². The van der Waals surface area contributed by atoms with Crippen molar-refractivity contribution in [2.45, 2.75) is 65.0 Å². The topological polar surface area (TPSA) is 59.5 Å². The van der Waals surface area contributed by atoms with Crippen molar-refractivity contribution in [3.8, 4) is 0 Å². The van der Waals surface area contributed by atoms with Gasteiger partial charge in [-0.1, -0.05) is 69.4 Å². The molecule has 0 saturated carbocycles. The molecule has 0 aliphatic carbocycles. The average molecular weight is 301 g/mol. The quantitative estimate of drug-likeness (QED) is 0.685. The fourth-order valence-electron chi connectivity index (χ4n) is 2.54. The highest BCUT2D eigenvalue weighted by Gasteiger charge is 2.03. The number of nitrogens with one attached hydrogen (secondary N) is 1. The summed E-state index contributed by atoms with van der Waals surface area (Å²) in [6, 6.07) is 10.3. The molecule has 0 bridgehead atoms. The van der Waals surface area contributed by atoms with Gasteiger partial charge in [-0.3, -0.25) is 5.41 Å². The second-order valence-corrected chi connectivity index (χ2v) is 5.75. The van der Waals surface area contributed by atoms with E-state index in [0.717, 1.165) is 19.4 Å². The molecule has 0 fully saturated rings. The van der Waals surface area contributed by atoms with Crippen LogP contribution in [0.4, 0.5) is 0 Å². The first-order valence-electron chi connectivity index (χ1n) is 8.40. The first-order chi connectivity index (χ1) is 10.8. The Morgan fingerprint density at radius 1 is 0.864 bits per heavy atom. The van der Waals surface area contributed by atoms with Gasteiger partial charge < -0.3 is 0 Å². The van der Waals surface area contributed by atoms with Gasteiger partial charge in [-0.15, -0.1) is 0 Å². The molecule has 1 heterocycles. The van der Waals surface area contributed by atoms with E-state index in [0.29, 0.717) is 12.2 Å². The molecule has 0 radical (unpaired) electrons. The maximum absolute atomic E-state index is 8.14. The van der Waals surface area contributed by atoms with E-state index in [1.54, 1.807) is 9.36 Å². The number of rotatable bonds is 10. The normalized spacial score (nSPS) is 11.0. The molecule has 0 saturated heterocycles. The van der Waals surface area contributed by atoms with Gasteiger partial charge in [0.25, 0.3) is 0 Å². The van der Waals surface area contributed by atoms with E-state index in [2.05, 4.69) is 29.5 Å². The summed E-state index contributed by atoms with van der Waals surface area (Å²) in [7, 11) is 0. The third kappa shape index (κ3) is 5.13. The van der Waals surface area contributed by atoms with Crippen LogP contribution in [0.25, 0.3) is 0 Å². The van der Waals surface area contributed by atoms with E-state index in [-0.39, 0.29) is 0 Å². The molecule has 0 aliphatic rings. The SMILES string of the molecule is CCCCCCCCn1nnn(CCc2ccccc2)c1=N. The first-order valence-corrected chi connectivity index (χ1v) is 8.40. The van der Waals surface area contributed by atoms with Crippen molar-refractivity contribution in [1.82, 2.24) is 19.8 Å². The van der Waals surface area contributed by atoms with Crippen LogP contribution >= 0.6 is 0 Å². The molecule has 1 aromatic heterocycles. The maximum Gasteiger partial charge on any atom is 0.238 e. The average Bonchev–Trinajstić information content (AvgIpc) is 2.90. The lowest BCUT2D eigenvalue weighted by atomic mass is 10.1. The number of hydrogen-bond donors (Lipinski definition) is 1. The lowest BCUT2D eigenvalue weighted by Gasteiger charge is -2.02. The maximum atomic E-state index is 8.14. The number of hydrogen-bond acceptors (Lipinski definition) is 3. The summed E-state index contributed by atoms with van der Waals surface area (Å²) in [5.41, 5.74) is 1.67. The van der Waals surface area contributed by atoms with Crippen LogP contribution in [0.1, 0.15) is 51.0 Å². The van der Waals surface area contributed by atoms with Gasteiger partial charge in [0.1, 0.15) is 0 Å². The second kappa shape index (κ2) is 9.18. The van der Waals surface area contributed by atoms with Crippen LogP contribution in [0, 0.1) is 5.41 Å². The van der Waals surface area contributed by atoms with Gasteiger partial charge in [-0.05, 0) is 28.8 Å². The lowest BCUT2D eigenvalue weighted by molar-refractivity contribution is 0.497. The Labute approximate surface area is 132 Å². The van der Waals surface area contributed by atoms with Gasteiger partial charge in [0.15, 0.2) is 0 Å². The van der Waals surface area contributed by atoms with Crippen LogP contribution in [0.3, 0.4) is 0 Å². The monoisotopic (exact) mass is 301 g/mol. The lowest BCUT2D eigenvalue weighted by Crippen LogP contribution is -2.26. The summed E-state index contributed by atoms with van der Waals surface area (Å²) in [4.78, 5) is 0. The molecule has 2 rings (SSSR count). The van der Waals surface area contributed by atoms with Crippen molar-refractivity contribution in [2.75, 3.05) is 0 Å². The Balaban J connectivity index is 1.76. The molecule has 0 atom stereocenters. The molecule has 5 heteroatoms. The van der Waals surface area contributed by atoms with Gasteiger partial charge in [0.2, 0.25) is 5.62 Å². The molecule has 0 spiro atoms. The number of nitrogens with zero attached hydrogens (tertiary/aromatic N) is 4. The van der Waals surface area contributed by atoms with Crippen molar-refractivity contribution < 1.29 is 0 Å².